The largest absolute Gasteiger partial charge is 0.480 e. The Morgan fingerprint density at radius 2 is 1.85 bits per heavy atom. The molecule has 0 saturated carbocycles. The Bertz CT molecular complexity index is 815. The molecule has 4 N–H and O–H groups in total. The molecule has 146 valence electrons. The highest BCUT2D eigenvalue weighted by molar-refractivity contribution is 5.88. The Kier molecular flexibility index (Phi) is 6.95. The molecule has 0 aliphatic rings. The first kappa shape index (κ1) is 20.4. The molecule has 0 radical (unpaired) electrons. The van der Waals surface area contributed by atoms with E-state index in [1.807, 2.05) is 30.5 Å². The van der Waals surface area contributed by atoms with Crippen LogP contribution in [0.2, 0.25) is 0 Å². The van der Waals surface area contributed by atoms with Crippen LogP contribution in [0.5, 0.6) is 0 Å². The summed E-state index contributed by atoms with van der Waals surface area (Å²) in [7, 11) is 0. The lowest BCUT2D eigenvalue weighted by Crippen LogP contribution is -2.49. The summed E-state index contributed by atoms with van der Waals surface area (Å²) < 4.78 is 0. The number of nitrogens with two attached hydrogens (primary N) is 1. The van der Waals surface area contributed by atoms with Gasteiger partial charge in [-0.1, -0.05) is 18.2 Å². The maximum atomic E-state index is 12.5. The predicted octanol–water partition coefficient (Wildman–Crippen LogP) is 0.819. The van der Waals surface area contributed by atoms with Gasteiger partial charge in [0.15, 0.2) is 0 Å². The minimum absolute atomic E-state index is 0.191. The van der Waals surface area contributed by atoms with Crippen molar-refractivity contribution >= 4 is 28.7 Å². The van der Waals surface area contributed by atoms with Crippen LogP contribution in [-0.2, 0) is 20.8 Å². The zero-order valence-electron chi connectivity index (χ0n) is 15.6. The lowest BCUT2D eigenvalue weighted by atomic mass is 10.1. The standard InChI is InChI=1S/C19H26N4O4/c1-13(2)23(12-19(26)27)18(25)11-22(17(24)9-20)8-7-14-10-21-16-6-4-3-5-15(14)16/h3-6,10,13,21H,7-9,11-12,20H2,1-2H3,(H,26,27). The molecule has 0 spiro atoms. The predicted molar refractivity (Wildman–Crippen MR) is 102 cm³/mol. The zero-order chi connectivity index (χ0) is 20.0. The molecular weight excluding hydrogens is 348 g/mol. The highest BCUT2D eigenvalue weighted by Gasteiger charge is 2.24. The van der Waals surface area contributed by atoms with E-state index in [9.17, 15) is 14.4 Å². The van der Waals surface area contributed by atoms with Gasteiger partial charge in [0.25, 0.3) is 0 Å². The summed E-state index contributed by atoms with van der Waals surface area (Å²) in [5.74, 6) is -1.84. The number of carbonyl (C=O) groups is 3. The van der Waals surface area contributed by atoms with Crippen LogP contribution in [0.25, 0.3) is 10.9 Å². The third kappa shape index (κ3) is 5.30. The summed E-state index contributed by atoms with van der Waals surface area (Å²) in [5, 5.41) is 10.1. The van der Waals surface area contributed by atoms with Crippen LogP contribution in [0.15, 0.2) is 30.5 Å². The molecule has 1 heterocycles. The molecule has 0 bridgehead atoms. The third-order valence-corrected chi connectivity index (χ3v) is 4.43. The number of aromatic nitrogens is 1. The molecular formula is C19H26N4O4. The number of aliphatic carboxylic acids is 1. The Morgan fingerprint density at radius 1 is 1.15 bits per heavy atom. The number of nitrogens with one attached hydrogen (secondary N) is 1. The Labute approximate surface area is 157 Å². The van der Waals surface area contributed by atoms with Crippen molar-refractivity contribution in [3.63, 3.8) is 0 Å². The van der Waals surface area contributed by atoms with Crippen molar-refractivity contribution < 1.29 is 19.5 Å². The fourth-order valence-corrected chi connectivity index (χ4v) is 2.97. The second kappa shape index (κ2) is 9.18. The number of nitrogens with zero attached hydrogens (tertiary/aromatic N) is 2. The number of hydrogen-bond donors (Lipinski definition) is 3. The fraction of sp³-hybridized carbons (Fsp3) is 0.421. The minimum atomic E-state index is -1.09. The van der Waals surface area contributed by atoms with Crippen molar-refractivity contribution in [2.45, 2.75) is 26.3 Å². The SMILES string of the molecule is CC(C)N(CC(=O)O)C(=O)CN(CCc1c[nH]c2ccccc12)C(=O)CN. The average Bonchev–Trinajstić information content (AvgIpc) is 3.05. The van der Waals surface area contributed by atoms with Gasteiger partial charge in [0.05, 0.1) is 13.1 Å². The number of amides is 2. The van der Waals surface area contributed by atoms with Crippen LogP contribution in [0, 0.1) is 0 Å². The molecule has 1 aromatic carbocycles. The van der Waals surface area contributed by atoms with Crippen molar-refractivity contribution in [1.82, 2.24) is 14.8 Å². The highest BCUT2D eigenvalue weighted by atomic mass is 16.4. The number of carbonyl (C=O) groups excluding carboxylic acids is 2. The zero-order valence-corrected chi connectivity index (χ0v) is 15.6. The summed E-state index contributed by atoms with van der Waals surface area (Å²) in [6.45, 7) is 3.00. The van der Waals surface area contributed by atoms with Crippen LogP contribution in [-0.4, -0.2) is 69.9 Å². The van der Waals surface area contributed by atoms with E-state index >= 15 is 0 Å². The molecule has 2 rings (SSSR count). The number of para-hydroxylation sites is 1. The molecule has 0 atom stereocenters. The fourth-order valence-electron chi connectivity index (χ4n) is 2.97. The van der Waals surface area contributed by atoms with Crippen LogP contribution in [0.4, 0.5) is 0 Å². The van der Waals surface area contributed by atoms with E-state index in [2.05, 4.69) is 4.98 Å². The number of hydrogen-bond acceptors (Lipinski definition) is 4. The van der Waals surface area contributed by atoms with Crippen LogP contribution in [0.1, 0.15) is 19.4 Å². The van der Waals surface area contributed by atoms with Gasteiger partial charge in [-0.3, -0.25) is 14.4 Å². The van der Waals surface area contributed by atoms with Crippen LogP contribution >= 0.6 is 0 Å². The number of H-pyrrole nitrogens is 1. The minimum Gasteiger partial charge on any atom is -0.480 e. The van der Waals surface area contributed by atoms with Gasteiger partial charge in [0.2, 0.25) is 11.8 Å². The topological polar surface area (TPSA) is 120 Å². The normalized spacial score (nSPS) is 11.0. The summed E-state index contributed by atoms with van der Waals surface area (Å²) in [6, 6.07) is 7.57. The molecule has 0 unspecified atom stereocenters. The quantitative estimate of drug-likeness (QED) is 0.600. The van der Waals surface area contributed by atoms with E-state index in [1.165, 1.54) is 9.80 Å². The average molecular weight is 374 g/mol. The number of rotatable bonds is 9. The molecule has 2 amide bonds. The molecule has 1 aromatic heterocycles. The molecule has 0 saturated heterocycles. The Balaban J connectivity index is 2.09. The van der Waals surface area contributed by atoms with Gasteiger partial charge in [0, 0.05) is 29.7 Å². The second-order valence-corrected chi connectivity index (χ2v) is 6.64. The first-order chi connectivity index (χ1) is 12.8. The van der Waals surface area contributed by atoms with Crippen molar-refractivity contribution in [3.8, 4) is 0 Å². The lowest BCUT2D eigenvalue weighted by Gasteiger charge is -2.29. The number of aromatic amines is 1. The molecule has 0 fully saturated rings. The molecule has 0 aliphatic carbocycles. The van der Waals surface area contributed by atoms with E-state index < -0.39 is 18.4 Å². The van der Waals surface area contributed by atoms with Gasteiger partial charge >= 0.3 is 5.97 Å². The first-order valence-corrected chi connectivity index (χ1v) is 8.87. The highest BCUT2D eigenvalue weighted by Crippen LogP contribution is 2.18. The van der Waals surface area contributed by atoms with Gasteiger partial charge in [-0.15, -0.1) is 0 Å². The number of carboxylic acids is 1. The lowest BCUT2D eigenvalue weighted by molar-refractivity contribution is -0.147. The smallest absolute Gasteiger partial charge is 0.323 e. The molecule has 27 heavy (non-hydrogen) atoms. The monoisotopic (exact) mass is 374 g/mol. The summed E-state index contributed by atoms with van der Waals surface area (Å²) in [6.07, 6.45) is 2.45. The maximum absolute atomic E-state index is 12.5. The van der Waals surface area contributed by atoms with E-state index in [1.54, 1.807) is 13.8 Å². The number of carboxylic acid groups (broad SMARTS) is 1. The summed E-state index contributed by atoms with van der Waals surface area (Å²) in [5.41, 5.74) is 7.54. The number of fused-ring (bicyclic) bond motifs is 1. The second-order valence-electron chi connectivity index (χ2n) is 6.64. The van der Waals surface area contributed by atoms with Crippen molar-refractivity contribution in [2.75, 3.05) is 26.2 Å². The number of benzene rings is 1. The van der Waals surface area contributed by atoms with Gasteiger partial charge in [-0.2, -0.15) is 0 Å². The van der Waals surface area contributed by atoms with E-state index in [0.29, 0.717) is 13.0 Å². The van der Waals surface area contributed by atoms with Gasteiger partial charge < -0.3 is 25.6 Å². The van der Waals surface area contributed by atoms with Gasteiger partial charge in [0.1, 0.15) is 6.54 Å². The van der Waals surface area contributed by atoms with Gasteiger partial charge in [-0.05, 0) is 31.9 Å². The van der Waals surface area contributed by atoms with Crippen molar-refractivity contribution in [2.24, 2.45) is 5.73 Å². The van der Waals surface area contributed by atoms with Crippen LogP contribution < -0.4 is 5.73 Å². The van der Waals surface area contributed by atoms with Crippen LogP contribution in [0.3, 0.4) is 0 Å². The van der Waals surface area contributed by atoms with Crippen molar-refractivity contribution in [3.05, 3.63) is 36.0 Å². The molecule has 8 nitrogen and oxygen atoms in total. The van der Waals surface area contributed by atoms with E-state index in [0.717, 1.165) is 16.5 Å². The first-order valence-electron chi connectivity index (χ1n) is 8.87. The maximum Gasteiger partial charge on any atom is 0.323 e. The van der Waals surface area contributed by atoms with E-state index in [4.69, 9.17) is 10.8 Å². The summed E-state index contributed by atoms with van der Waals surface area (Å²) >= 11 is 0. The Hall–Kier alpha value is -2.87. The molecule has 8 heteroatoms. The van der Waals surface area contributed by atoms with Gasteiger partial charge in [-0.25, -0.2) is 0 Å². The Morgan fingerprint density at radius 3 is 2.48 bits per heavy atom. The third-order valence-electron chi connectivity index (χ3n) is 4.43. The molecule has 0 aliphatic heterocycles. The molecule has 2 aromatic rings. The van der Waals surface area contributed by atoms with Crippen molar-refractivity contribution in [1.29, 1.82) is 0 Å². The van der Waals surface area contributed by atoms with E-state index in [-0.39, 0.29) is 25.0 Å². The summed E-state index contributed by atoms with van der Waals surface area (Å²) in [4.78, 5) is 41.6.